The number of halogens is 1. The monoisotopic (exact) mass is 190 g/mol. The zero-order chi connectivity index (χ0) is 9.14. The molecule has 68 valence electrons. The quantitative estimate of drug-likeness (QED) is 0.685. The number of rotatable bonds is 3. The first-order valence-corrected chi connectivity index (χ1v) is 4.09. The van der Waals surface area contributed by atoms with Crippen LogP contribution in [0.15, 0.2) is 4.42 Å². The fraction of sp³-hybridized carbons (Fsp3) is 0.714. The molecule has 0 N–H and O–H groups in total. The molecule has 5 heteroatoms. The standard InChI is InChI=1S/C7H11ClN2O2/c1-4(8)6-9-10-7(12-6)5(2)11-3/h4-5H,1-3H3. The molecular weight excluding hydrogens is 180 g/mol. The minimum atomic E-state index is -0.254. The Balaban J connectivity index is 2.77. The zero-order valence-electron chi connectivity index (χ0n) is 7.24. The lowest BCUT2D eigenvalue weighted by molar-refractivity contribution is 0.0936. The molecule has 2 unspecified atom stereocenters. The van der Waals surface area contributed by atoms with Crippen LogP contribution in [0.1, 0.15) is 37.1 Å². The minimum Gasteiger partial charge on any atom is -0.421 e. The van der Waals surface area contributed by atoms with Gasteiger partial charge in [-0.15, -0.1) is 21.8 Å². The van der Waals surface area contributed by atoms with Crippen LogP contribution in [0.5, 0.6) is 0 Å². The lowest BCUT2D eigenvalue weighted by Gasteiger charge is -2.01. The summed E-state index contributed by atoms with van der Waals surface area (Å²) in [5.41, 5.74) is 0. The summed E-state index contributed by atoms with van der Waals surface area (Å²) in [6.07, 6.45) is -0.179. The highest BCUT2D eigenvalue weighted by molar-refractivity contribution is 6.20. The number of hydrogen-bond donors (Lipinski definition) is 0. The molecule has 0 spiro atoms. The SMILES string of the molecule is COC(C)c1nnc(C(C)Cl)o1. The summed E-state index contributed by atoms with van der Waals surface area (Å²) in [5, 5.41) is 7.28. The maximum Gasteiger partial charge on any atom is 0.244 e. The normalized spacial score (nSPS) is 16.0. The Labute approximate surface area is 75.9 Å². The summed E-state index contributed by atoms with van der Waals surface area (Å²) >= 11 is 5.73. The van der Waals surface area contributed by atoms with Crippen LogP contribution in [0.4, 0.5) is 0 Å². The number of ether oxygens (including phenoxy) is 1. The maximum absolute atomic E-state index is 5.73. The number of methoxy groups -OCH3 is 1. The van der Waals surface area contributed by atoms with Crippen LogP contribution in [0.2, 0.25) is 0 Å². The summed E-state index contributed by atoms with van der Waals surface area (Å²) in [5.74, 6) is 0.885. The molecule has 0 bridgehead atoms. The topological polar surface area (TPSA) is 48.2 Å². The Hall–Kier alpha value is -0.610. The summed E-state index contributed by atoms with van der Waals surface area (Å²) < 4.78 is 10.2. The predicted octanol–water partition coefficient (Wildman–Crippen LogP) is 2.08. The maximum atomic E-state index is 5.73. The third-order valence-electron chi connectivity index (χ3n) is 1.50. The highest BCUT2D eigenvalue weighted by Crippen LogP contribution is 2.21. The van der Waals surface area contributed by atoms with Gasteiger partial charge in [0, 0.05) is 7.11 Å². The summed E-state index contributed by atoms with van der Waals surface area (Å²) in [7, 11) is 1.58. The summed E-state index contributed by atoms with van der Waals surface area (Å²) in [6.45, 7) is 3.60. The molecule has 2 atom stereocenters. The van der Waals surface area contributed by atoms with Crippen LogP contribution in [0.3, 0.4) is 0 Å². The van der Waals surface area contributed by atoms with Crippen LogP contribution >= 0.6 is 11.6 Å². The molecule has 0 aliphatic rings. The van der Waals surface area contributed by atoms with E-state index in [4.69, 9.17) is 20.8 Å². The number of aromatic nitrogens is 2. The highest BCUT2D eigenvalue weighted by Gasteiger charge is 2.15. The smallest absolute Gasteiger partial charge is 0.244 e. The first-order chi connectivity index (χ1) is 5.65. The second-order valence-electron chi connectivity index (χ2n) is 2.47. The van der Waals surface area contributed by atoms with E-state index >= 15 is 0 Å². The van der Waals surface area contributed by atoms with Crippen molar-refractivity contribution in [1.29, 1.82) is 0 Å². The van der Waals surface area contributed by atoms with Gasteiger partial charge in [-0.25, -0.2) is 0 Å². The van der Waals surface area contributed by atoms with Crippen molar-refractivity contribution in [1.82, 2.24) is 10.2 Å². The van der Waals surface area contributed by atoms with Gasteiger partial charge in [-0.05, 0) is 13.8 Å². The van der Waals surface area contributed by atoms with Crippen LogP contribution in [0, 0.1) is 0 Å². The first-order valence-electron chi connectivity index (χ1n) is 3.65. The van der Waals surface area contributed by atoms with Gasteiger partial charge in [0.2, 0.25) is 11.8 Å². The lowest BCUT2D eigenvalue weighted by atomic mass is 10.4. The molecule has 0 aliphatic carbocycles. The van der Waals surface area contributed by atoms with E-state index in [1.165, 1.54) is 0 Å². The molecule has 1 heterocycles. The van der Waals surface area contributed by atoms with E-state index in [2.05, 4.69) is 10.2 Å². The fourth-order valence-electron chi connectivity index (χ4n) is 0.672. The Kier molecular flexibility index (Phi) is 3.05. The van der Waals surface area contributed by atoms with Gasteiger partial charge in [0.05, 0.1) is 0 Å². The van der Waals surface area contributed by atoms with Crippen LogP contribution in [0.25, 0.3) is 0 Å². The molecule has 4 nitrogen and oxygen atoms in total. The Morgan fingerprint density at radius 1 is 1.33 bits per heavy atom. The van der Waals surface area contributed by atoms with Crippen molar-refractivity contribution >= 4 is 11.6 Å². The Bertz CT molecular complexity index is 249. The molecule has 1 aromatic rings. The van der Waals surface area contributed by atoms with Gasteiger partial charge >= 0.3 is 0 Å². The van der Waals surface area contributed by atoms with E-state index in [0.29, 0.717) is 11.8 Å². The molecule has 0 radical (unpaired) electrons. The van der Waals surface area contributed by atoms with Gasteiger partial charge in [-0.3, -0.25) is 0 Å². The van der Waals surface area contributed by atoms with Gasteiger partial charge in [-0.2, -0.15) is 0 Å². The third kappa shape index (κ3) is 1.95. The largest absolute Gasteiger partial charge is 0.421 e. The molecule has 0 saturated heterocycles. The zero-order valence-corrected chi connectivity index (χ0v) is 8.00. The molecule has 1 aromatic heterocycles. The molecule has 0 saturated carbocycles. The summed E-state index contributed by atoms with van der Waals surface area (Å²) in [4.78, 5) is 0. The van der Waals surface area contributed by atoms with Crippen molar-refractivity contribution in [3.63, 3.8) is 0 Å². The Morgan fingerprint density at radius 3 is 2.33 bits per heavy atom. The molecule has 1 rings (SSSR count). The predicted molar refractivity (Wildman–Crippen MR) is 44.0 cm³/mol. The first kappa shape index (κ1) is 9.48. The van der Waals surface area contributed by atoms with Gasteiger partial charge in [0.1, 0.15) is 11.5 Å². The number of alkyl halides is 1. The third-order valence-corrected chi connectivity index (χ3v) is 1.68. The average Bonchev–Trinajstić information content (AvgIpc) is 2.51. The number of nitrogens with zero attached hydrogens (tertiary/aromatic N) is 2. The Morgan fingerprint density at radius 2 is 1.92 bits per heavy atom. The second-order valence-corrected chi connectivity index (χ2v) is 3.13. The van der Waals surface area contributed by atoms with Gasteiger partial charge < -0.3 is 9.15 Å². The summed E-state index contributed by atoms with van der Waals surface area (Å²) in [6, 6.07) is 0. The van der Waals surface area contributed by atoms with E-state index < -0.39 is 0 Å². The number of hydrogen-bond acceptors (Lipinski definition) is 4. The van der Waals surface area contributed by atoms with Crippen molar-refractivity contribution in [2.45, 2.75) is 25.3 Å². The van der Waals surface area contributed by atoms with Crippen molar-refractivity contribution < 1.29 is 9.15 Å². The fourth-order valence-corrected chi connectivity index (χ4v) is 0.761. The molecule has 0 amide bonds. The van der Waals surface area contributed by atoms with Crippen LogP contribution in [-0.4, -0.2) is 17.3 Å². The average molecular weight is 191 g/mol. The van der Waals surface area contributed by atoms with Crippen LogP contribution in [-0.2, 0) is 4.74 Å². The van der Waals surface area contributed by atoms with Crippen molar-refractivity contribution in [3.05, 3.63) is 11.8 Å². The van der Waals surface area contributed by atoms with E-state index in [9.17, 15) is 0 Å². The highest BCUT2D eigenvalue weighted by atomic mass is 35.5. The molecule has 0 aromatic carbocycles. The molecule has 12 heavy (non-hydrogen) atoms. The van der Waals surface area contributed by atoms with E-state index in [0.717, 1.165) is 0 Å². The van der Waals surface area contributed by atoms with Gasteiger partial charge in [-0.1, -0.05) is 0 Å². The van der Waals surface area contributed by atoms with Crippen molar-refractivity contribution in [2.24, 2.45) is 0 Å². The molecule has 0 fully saturated rings. The van der Waals surface area contributed by atoms with Gasteiger partial charge in [0.15, 0.2) is 0 Å². The van der Waals surface area contributed by atoms with E-state index in [1.54, 1.807) is 14.0 Å². The second kappa shape index (κ2) is 3.87. The molecule has 0 aliphatic heterocycles. The van der Waals surface area contributed by atoms with Gasteiger partial charge in [0.25, 0.3) is 0 Å². The van der Waals surface area contributed by atoms with Crippen molar-refractivity contribution in [2.75, 3.05) is 7.11 Å². The molecular formula is C7H11ClN2O2. The van der Waals surface area contributed by atoms with Crippen LogP contribution < -0.4 is 0 Å². The lowest BCUT2D eigenvalue weighted by Crippen LogP contribution is -1.95. The van der Waals surface area contributed by atoms with Crippen molar-refractivity contribution in [3.8, 4) is 0 Å². The minimum absolute atomic E-state index is 0.179. The van der Waals surface area contributed by atoms with E-state index in [1.807, 2.05) is 6.92 Å². The van der Waals surface area contributed by atoms with E-state index in [-0.39, 0.29) is 11.5 Å².